The number of likely N-dealkylation sites (tertiary alicyclic amines) is 1. The molecule has 1 aromatic carbocycles. The number of carbonyl (C=O) groups is 1. The van der Waals surface area contributed by atoms with Gasteiger partial charge in [-0.05, 0) is 82.4 Å². The maximum atomic E-state index is 12.1. The number of hydrogen-bond donors (Lipinski definition) is 1. The lowest BCUT2D eigenvalue weighted by molar-refractivity contribution is -0.116. The van der Waals surface area contributed by atoms with Crippen molar-refractivity contribution in [2.45, 2.75) is 51.9 Å². The van der Waals surface area contributed by atoms with Gasteiger partial charge in [-0.3, -0.25) is 4.79 Å². The number of anilines is 1. The lowest BCUT2D eigenvalue weighted by Crippen LogP contribution is -2.35. The van der Waals surface area contributed by atoms with E-state index in [1.54, 1.807) is 0 Å². The molecule has 0 bridgehead atoms. The highest BCUT2D eigenvalue weighted by atomic mass is 16.3. The lowest BCUT2D eigenvalue weighted by Gasteiger charge is -2.32. The third kappa shape index (κ3) is 6.24. The molecule has 2 heterocycles. The predicted molar refractivity (Wildman–Crippen MR) is 110 cm³/mol. The van der Waals surface area contributed by atoms with Crippen LogP contribution in [-0.4, -0.2) is 30.4 Å². The van der Waals surface area contributed by atoms with E-state index in [9.17, 15) is 4.79 Å². The molecule has 146 valence electrons. The van der Waals surface area contributed by atoms with Crippen LogP contribution < -0.4 is 5.32 Å². The van der Waals surface area contributed by atoms with Gasteiger partial charge >= 0.3 is 0 Å². The molecule has 1 aliphatic heterocycles. The molecule has 1 N–H and O–H groups in total. The standard InChI is InChI=1S/C23H32N2O2/c1-18(22-10-8-19(2)27-22)12-15-25-16-13-20(14-17-25)9-11-23(26)24-21-6-4-3-5-7-21/h3-8,10,18,20H,9,11-17H2,1-2H3,(H,24,26). The van der Waals surface area contributed by atoms with Crippen LogP contribution in [-0.2, 0) is 4.79 Å². The maximum absolute atomic E-state index is 12.1. The number of nitrogens with zero attached hydrogens (tertiary/aromatic N) is 1. The highest BCUT2D eigenvalue weighted by Crippen LogP contribution is 2.25. The topological polar surface area (TPSA) is 45.5 Å². The predicted octanol–water partition coefficient (Wildman–Crippen LogP) is 5.21. The molecular weight excluding hydrogens is 336 g/mol. The van der Waals surface area contributed by atoms with Gasteiger partial charge < -0.3 is 14.6 Å². The Labute approximate surface area is 162 Å². The van der Waals surface area contributed by atoms with E-state index in [0.717, 1.165) is 49.7 Å². The molecule has 0 aliphatic carbocycles. The number of piperidine rings is 1. The first kappa shape index (κ1) is 19.7. The van der Waals surface area contributed by atoms with E-state index in [-0.39, 0.29) is 5.91 Å². The maximum Gasteiger partial charge on any atom is 0.224 e. The molecule has 0 spiro atoms. The molecule has 4 nitrogen and oxygen atoms in total. The van der Waals surface area contributed by atoms with Crippen molar-refractivity contribution in [2.24, 2.45) is 5.92 Å². The summed E-state index contributed by atoms with van der Waals surface area (Å²) in [7, 11) is 0. The van der Waals surface area contributed by atoms with Gasteiger partial charge in [-0.15, -0.1) is 0 Å². The largest absolute Gasteiger partial charge is 0.466 e. The van der Waals surface area contributed by atoms with Crippen LogP contribution in [0.4, 0.5) is 5.69 Å². The summed E-state index contributed by atoms with van der Waals surface area (Å²) in [6, 6.07) is 13.9. The van der Waals surface area contributed by atoms with Crippen LogP contribution >= 0.6 is 0 Å². The first-order chi connectivity index (χ1) is 13.1. The number of amides is 1. The summed E-state index contributed by atoms with van der Waals surface area (Å²) in [5, 5.41) is 2.98. The normalized spacial score (nSPS) is 17.0. The van der Waals surface area contributed by atoms with Crippen molar-refractivity contribution in [3.05, 3.63) is 54.0 Å². The minimum absolute atomic E-state index is 0.131. The fraction of sp³-hybridized carbons (Fsp3) is 0.522. The van der Waals surface area contributed by atoms with E-state index in [2.05, 4.69) is 23.2 Å². The van der Waals surface area contributed by atoms with Crippen molar-refractivity contribution in [1.82, 2.24) is 4.90 Å². The Kier molecular flexibility index (Phi) is 7.11. The van der Waals surface area contributed by atoms with Crippen LogP contribution in [0.25, 0.3) is 0 Å². The Bertz CT molecular complexity index is 702. The van der Waals surface area contributed by atoms with Crippen LogP contribution in [0.5, 0.6) is 0 Å². The second-order valence-corrected chi connectivity index (χ2v) is 7.88. The molecule has 1 atom stereocenters. The number of carbonyl (C=O) groups excluding carboxylic acids is 1. The summed E-state index contributed by atoms with van der Waals surface area (Å²) in [4.78, 5) is 14.7. The zero-order valence-electron chi connectivity index (χ0n) is 16.6. The minimum atomic E-state index is 0.131. The van der Waals surface area contributed by atoms with Gasteiger partial charge in [-0.25, -0.2) is 0 Å². The molecule has 1 unspecified atom stereocenters. The molecule has 1 amide bonds. The van der Waals surface area contributed by atoms with E-state index in [0.29, 0.717) is 18.3 Å². The second-order valence-electron chi connectivity index (χ2n) is 7.88. The van der Waals surface area contributed by atoms with E-state index in [1.165, 1.54) is 12.8 Å². The van der Waals surface area contributed by atoms with Crippen molar-refractivity contribution in [3.63, 3.8) is 0 Å². The number of benzene rings is 1. The smallest absolute Gasteiger partial charge is 0.224 e. The third-order valence-electron chi connectivity index (χ3n) is 5.67. The van der Waals surface area contributed by atoms with Crippen LogP contribution in [0.3, 0.4) is 0 Å². The Balaban J connectivity index is 1.31. The van der Waals surface area contributed by atoms with Gasteiger partial charge in [0.25, 0.3) is 0 Å². The fourth-order valence-electron chi connectivity index (χ4n) is 3.82. The van der Waals surface area contributed by atoms with E-state index >= 15 is 0 Å². The number of hydrogen-bond acceptors (Lipinski definition) is 3. The molecule has 1 fully saturated rings. The minimum Gasteiger partial charge on any atom is -0.466 e. The molecule has 0 saturated carbocycles. The van der Waals surface area contributed by atoms with E-state index in [4.69, 9.17) is 4.42 Å². The Hall–Kier alpha value is -2.07. The lowest BCUT2D eigenvalue weighted by atomic mass is 9.91. The van der Waals surface area contributed by atoms with Gasteiger partial charge in [0.05, 0.1) is 0 Å². The van der Waals surface area contributed by atoms with Crippen molar-refractivity contribution >= 4 is 11.6 Å². The summed E-state index contributed by atoms with van der Waals surface area (Å²) in [6.07, 6.45) is 5.15. The number of furan rings is 1. The average molecular weight is 369 g/mol. The Morgan fingerprint density at radius 2 is 1.93 bits per heavy atom. The first-order valence-corrected chi connectivity index (χ1v) is 10.2. The molecule has 4 heteroatoms. The van der Waals surface area contributed by atoms with Crippen molar-refractivity contribution < 1.29 is 9.21 Å². The van der Waals surface area contributed by atoms with Gasteiger partial charge in [-0.2, -0.15) is 0 Å². The zero-order chi connectivity index (χ0) is 19.1. The summed E-state index contributed by atoms with van der Waals surface area (Å²) in [5.41, 5.74) is 0.887. The highest BCUT2D eigenvalue weighted by molar-refractivity contribution is 5.90. The van der Waals surface area contributed by atoms with Gasteiger partial charge in [0.1, 0.15) is 11.5 Å². The Morgan fingerprint density at radius 1 is 1.19 bits per heavy atom. The summed E-state index contributed by atoms with van der Waals surface area (Å²) < 4.78 is 5.74. The monoisotopic (exact) mass is 368 g/mol. The summed E-state index contributed by atoms with van der Waals surface area (Å²) in [5.74, 6) is 3.37. The quantitative estimate of drug-likeness (QED) is 0.695. The van der Waals surface area contributed by atoms with Crippen LogP contribution in [0.15, 0.2) is 46.9 Å². The first-order valence-electron chi connectivity index (χ1n) is 10.2. The number of para-hydroxylation sites is 1. The molecule has 1 aromatic heterocycles. The second kappa shape index (κ2) is 9.75. The van der Waals surface area contributed by atoms with Crippen LogP contribution in [0, 0.1) is 12.8 Å². The zero-order valence-corrected chi connectivity index (χ0v) is 16.6. The third-order valence-corrected chi connectivity index (χ3v) is 5.67. The van der Waals surface area contributed by atoms with Gasteiger partial charge in [0, 0.05) is 18.0 Å². The number of aryl methyl sites for hydroxylation is 1. The van der Waals surface area contributed by atoms with Gasteiger partial charge in [0.2, 0.25) is 5.91 Å². The molecule has 1 saturated heterocycles. The molecular formula is C23H32N2O2. The fourth-order valence-corrected chi connectivity index (χ4v) is 3.82. The molecule has 27 heavy (non-hydrogen) atoms. The summed E-state index contributed by atoms with van der Waals surface area (Å²) >= 11 is 0. The SMILES string of the molecule is Cc1ccc(C(C)CCN2CCC(CCC(=O)Nc3ccccc3)CC2)o1. The molecule has 2 aromatic rings. The number of nitrogens with one attached hydrogen (secondary N) is 1. The van der Waals surface area contributed by atoms with Crippen molar-refractivity contribution in [2.75, 3.05) is 25.0 Å². The van der Waals surface area contributed by atoms with Crippen LogP contribution in [0.1, 0.15) is 56.5 Å². The van der Waals surface area contributed by atoms with E-state index in [1.807, 2.05) is 43.3 Å². The van der Waals surface area contributed by atoms with Gasteiger partial charge in [0.15, 0.2) is 0 Å². The molecule has 0 radical (unpaired) electrons. The highest BCUT2D eigenvalue weighted by Gasteiger charge is 2.21. The Morgan fingerprint density at radius 3 is 2.59 bits per heavy atom. The molecule has 3 rings (SSSR count). The van der Waals surface area contributed by atoms with E-state index < -0.39 is 0 Å². The average Bonchev–Trinajstić information content (AvgIpc) is 3.12. The van der Waals surface area contributed by atoms with Crippen LogP contribution in [0.2, 0.25) is 0 Å². The molecule has 1 aliphatic rings. The van der Waals surface area contributed by atoms with Crippen molar-refractivity contribution in [3.8, 4) is 0 Å². The van der Waals surface area contributed by atoms with Gasteiger partial charge in [-0.1, -0.05) is 25.1 Å². The van der Waals surface area contributed by atoms with Crippen molar-refractivity contribution in [1.29, 1.82) is 0 Å². The number of rotatable bonds is 8. The summed E-state index contributed by atoms with van der Waals surface area (Å²) in [6.45, 7) is 7.67.